The number of methoxy groups -OCH3 is 1. The summed E-state index contributed by atoms with van der Waals surface area (Å²) in [5.74, 6) is 0.847. The maximum Gasteiger partial charge on any atom is 0.494 e. The van der Waals surface area contributed by atoms with Gasteiger partial charge in [-0.1, -0.05) is 24.3 Å². The van der Waals surface area contributed by atoms with Crippen LogP contribution in [0.1, 0.15) is 78.7 Å². The molecule has 1 aliphatic carbocycles. The Morgan fingerprint density at radius 2 is 1.50 bits per heavy atom. The molecule has 5 heteroatoms. The van der Waals surface area contributed by atoms with E-state index in [1.54, 1.807) is 0 Å². The van der Waals surface area contributed by atoms with E-state index in [0.29, 0.717) is 11.8 Å². The van der Waals surface area contributed by atoms with Crippen LogP contribution in [0.15, 0.2) is 24.3 Å². The zero-order chi connectivity index (χ0) is 20.7. The Hall–Kier alpha value is -1.33. The topological polar surface area (TPSA) is 44.8 Å². The first-order chi connectivity index (χ1) is 13.0. The van der Waals surface area contributed by atoms with Crippen LogP contribution in [-0.2, 0) is 18.8 Å². The van der Waals surface area contributed by atoms with Crippen molar-refractivity contribution in [2.45, 2.75) is 84.3 Å². The van der Waals surface area contributed by atoms with Gasteiger partial charge in [-0.05, 0) is 90.1 Å². The molecular weight excluding hydrogens is 351 g/mol. The van der Waals surface area contributed by atoms with Gasteiger partial charge in [-0.15, -0.1) is 0 Å². The van der Waals surface area contributed by atoms with E-state index in [2.05, 4.69) is 52.0 Å². The fourth-order valence-corrected chi connectivity index (χ4v) is 4.48. The van der Waals surface area contributed by atoms with Crippen molar-refractivity contribution >= 4 is 18.6 Å². The largest absolute Gasteiger partial charge is 0.494 e. The molecule has 0 atom stereocenters. The van der Waals surface area contributed by atoms with Crippen molar-refractivity contribution in [1.29, 1.82) is 0 Å². The van der Waals surface area contributed by atoms with E-state index in [9.17, 15) is 4.79 Å². The highest BCUT2D eigenvalue weighted by Gasteiger charge is 2.51. The van der Waals surface area contributed by atoms with Gasteiger partial charge in [0, 0.05) is 0 Å². The van der Waals surface area contributed by atoms with Crippen molar-refractivity contribution in [2.75, 3.05) is 7.11 Å². The number of hydrogen-bond donors (Lipinski definition) is 0. The molecule has 4 nitrogen and oxygen atoms in total. The van der Waals surface area contributed by atoms with Gasteiger partial charge < -0.3 is 14.0 Å². The Bertz CT molecular complexity index is 684. The molecule has 2 fully saturated rings. The number of ether oxygens (including phenoxy) is 1. The smallest absolute Gasteiger partial charge is 0.469 e. The fourth-order valence-electron chi connectivity index (χ4n) is 4.48. The van der Waals surface area contributed by atoms with Gasteiger partial charge in [0.1, 0.15) is 0 Å². The van der Waals surface area contributed by atoms with Crippen LogP contribution in [0.5, 0.6) is 0 Å². The lowest BCUT2D eigenvalue weighted by molar-refractivity contribution is -0.154. The Kier molecular flexibility index (Phi) is 5.72. The Morgan fingerprint density at radius 1 is 1.00 bits per heavy atom. The third-order valence-electron chi connectivity index (χ3n) is 7.39. The van der Waals surface area contributed by atoms with Crippen LogP contribution in [0.2, 0.25) is 0 Å². The Balaban J connectivity index is 1.62. The third kappa shape index (κ3) is 3.88. The van der Waals surface area contributed by atoms with Gasteiger partial charge in [-0.3, -0.25) is 4.79 Å². The van der Waals surface area contributed by atoms with Crippen molar-refractivity contribution in [1.82, 2.24) is 0 Å². The van der Waals surface area contributed by atoms with Gasteiger partial charge in [0.05, 0.1) is 23.7 Å². The highest BCUT2D eigenvalue weighted by atomic mass is 16.7. The molecule has 0 unspecified atom stereocenters. The van der Waals surface area contributed by atoms with Crippen LogP contribution in [-0.4, -0.2) is 31.4 Å². The quantitative estimate of drug-likeness (QED) is 0.566. The molecule has 0 radical (unpaired) electrons. The van der Waals surface area contributed by atoms with Crippen molar-refractivity contribution in [3.8, 4) is 0 Å². The second-order valence-corrected chi connectivity index (χ2v) is 10.0. The molecule has 0 aromatic heterocycles. The first-order valence-electron chi connectivity index (χ1n) is 10.5. The van der Waals surface area contributed by atoms with Crippen molar-refractivity contribution in [2.24, 2.45) is 11.3 Å². The average Bonchev–Trinajstić information content (AvgIpc) is 2.88. The van der Waals surface area contributed by atoms with Crippen LogP contribution in [0.25, 0.3) is 0 Å². The van der Waals surface area contributed by atoms with E-state index in [-0.39, 0.29) is 24.3 Å². The molecule has 28 heavy (non-hydrogen) atoms. The molecule has 1 heterocycles. The molecule has 1 aliphatic heterocycles. The monoisotopic (exact) mass is 386 g/mol. The van der Waals surface area contributed by atoms with Crippen LogP contribution in [0.4, 0.5) is 0 Å². The predicted molar refractivity (Wildman–Crippen MR) is 113 cm³/mol. The first-order valence-corrected chi connectivity index (χ1v) is 10.5. The third-order valence-corrected chi connectivity index (χ3v) is 7.39. The molecule has 2 aliphatic rings. The lowest BCUT2D eigenvalue weighted by atomic mass is 9.67. The molecular formula is C23H35BO4. The minimum atomic E-state index is -0.402. The first kappa shape index (κ1) is 21.4. The average molecular weight is 386 g/mol. The maximum atomic E-state index is 12.1. The summed E-state index contributed by atoms with van der Waals surface area (Å²) in [7, 11) is 1.17. The number of benzene rings is 1. The summed E-state index contributed by atoms with van der Waals surface area (Å²) >= 11 is 0. The van der Waals surface area contributed by atoms with Gasteiger partial charge in [-0.25, -0.2) is 0 Å². The second kappa shape index (κ2) is 7.49. The zero-order valence-corrected chi connectivity index (χ0v) is 18.5. The molecule has 1 aromatic rings. The van der Waals surface area contributed by atoms with Crippen LogP contribution >= 0.6 is 0 Å². The minimum Gasteiger partial charge on any atom is -0.469 e. The molecule has 0 amide bonds. The highest BCUT2D eigenvalue weighted by Crippen LogP contribution is 2.44. The predicted octanol–water partition coefficient (Wildman–Crippen LogP) is 4.46. The summed E-state index contributed by atoms with van der Waals surface area (Å²) in [6.07, 6.45) is 4.35. The molecule has 1 saturated heterocycles. The van der Waals surface area contributed by atoms with Crippen molar-refractivity contribution in [3.05, 3.63) is 29.8 Å². The molecule has 154 valence electrons. The molecule has 1 aromatic carbocycles. The summed E-state index contributed by atoms with van der Waals surface area (Å²) in [5.41, 5.74) is 1.40. The van der Waals surface area contributed by atoms with Gasteiger partial charge in [0.25, 0.3) is 0 Å². The van der Waals surface area contributed by atoms with E-state index in [0.717, 1.165) is 31.1 Å². The number of hydrogen-bond acceptors (Lipinski definition) is 4. The normalized spacial score (nSPS) is 26.9. The standard InChI is InChI=1S/C23H35BO4/c1-21(2,20(25)26-7)18-12-8-16(9-13-18)17-10-14-19(15-11-17)24-27-22(3,4)23(5,6)28-24/h10-11,14-16,18H,8-9,12-13H2,1-7H3/t16-,18-. The van der Waals surface area contributed by atoms with E-state index in [1.165, 1.54) is 12.7 Å². The number of esters is 1. The van der Waals surface area contributed by atoms with E-state index in [1.807, 2.05) is 13.8 Å². The van der Waals surface area contributed by atoms with Crippen molar-refractivity contribution in [3.63, 3.8) is 0 Å². The zero-order valence-electron chi connectivity index (χ0n) is 18.5. The van der Waals surface area contributed by atoms with Crippen molar-refractivity contribution < 1.29 is 18.8 Å². The lowest BCUT2D eigenvalue weighted by Gasteiger charge is -2.37. The molecule has 0 spiro atoms. The maximum absolute atomic E-state index is 12.1. The SMILES string of the molecule is COC(=O)C(C)(C)[C@H]1CC[C@H](c2ccc(B3OC(C)(C)C(C)(C)O3)cc2)CC1. The number of rotatable bonds is 4. The molecule has 1 saturated carbocycles. The summed E-state index contributed by atoms with van der Waals surface area (Å²) < 4.78 is 17.3. The Morgan fingerprint density at radius 3 is 1.96 bits per heavy atom. The fraction of sp³-hybridized carbons (Fsp3) is 0.696. The van der Waals surface area contributed by atoms with Gasteiger partial charge >= 0.3 is 13.1 Å². The number of carbonyl (C=O) groups is 1. The number of carbonyl (C=O) groups excluding carboxylic acids is 1. The summed E-state index contributed by atoms with van der Waals surface area (Å²) in [4.78, 5) is 12.1. The second-order valence-electron chi connectivity index (χ2n) is 10.0. The van der Waals surface area contributed by atoms with Crippen LogP contribution in [0, 0.1) is 11.3 Å². The summed E-state index contributed by atoms with van der Waals surface area (Å²) in [5, 5.41) is 0. The minimum absolute atomic E-state index is 0.0947. The van der Waals surface area contributed by atoms with Crippen LogP contribution in [0.3, 0.4) is 0 Å². The van der Waals surface area contributed by atoms with E-state index < -0.39 is 5.41 Å². The highest BCUT2D eigenvalue weighted by molar-refractivity contribution is 6.62. The molecule has 0 bridgehead atoms. The van der Waals surface area contributed by atoms with E-state index in [4.69, 9.17) is 14.0 Å². The lowest BCUT2D eigenvalue weighted by Crippen LogP contribution is -2.41. The summed E-state index contributed by atoms with van der Waals surface area (Å²) in [6.45, 7) is 12.4. The molecule has 0 N–H and O–H groups in total. The van der Waals surface area contributed by atoms with Gasteiger partial charge in [0.15, 0.2) is 0 Å². The van der Waals surface area contributed by atoms with Crippen LogP contribution < -0.4 is 5.46 Å². The van der Waals surface area contributed by atoms with E-state index >= 15 is 0 Å². The van der Waals surface area contributed by atoms with Gasteiger partial charge in [0.2, 0.25) is 0 Å². The van der Waals surface area contributed by atoms with Gasteiger partial charge in [-0.2, -0.15) is 0 Å². The summed E-state index contributed by atoms with van der Waals surface area (Å²) in [6, 6.07) is 8.72. The Labute approximate surface area is 170 Å². The molecule has 3 rings (SSSR count).